The molecule has 0 aliphatic carbocycles. The molecule has 0 unspecified atom stereocenters. The number of hydrogen-bond donors (Lipinski definition) is 2. The van der Waals surface area contributed by atoms with E-state index in [0.717, 1.165) is 6.92 Å². The largest absolute Gasteiger partial charge is 1.00 e. The van der Waals surface area contributed by atoms with Crippen molar-refractivity contribution in [3.8, 4) is 11.5 Å². The number of carbonyl (C=O) groups excluding carboxylic acids is 1. The van der Waals surface area contributed by atoms with E-state index in [1.807, 2.05) is 12.1 Å². The van der Waals surface area contributed by atoms with Crippen LogP contribution < -0.4 is 64.2 Å². The van der Waals surface area contributed by atoms with E-state index in [9.17, 15) is 0 Å². The van der Waals surface area contributed by atoms with Gasteiger partial charge in [-0.25, -0.2) is 0 Å². The molecule has 0 radical (unpaired) electrons. The molecule has 0 atom stereocenters. The van der Waals surface area contributed by atoms with E-state index in [0.29, 0.717) is 11.5 Å². The maximum Gasteiger partial charge on any atom is 1.00 e. The molecule has 23 heavy (non-hydrogen) atoms. The van der Waals surface area contributed by atoms with Crippen LogP contribution in [0.1, 0.15) is 6.92 Å². The van der Waals surface area contributed by atoms with Crippen molar-refractivity contribution < 1.29 is 79.2 Å². The zero-order valence-corrected chi connectivity index (χ0v) is 18.2. The third-order valence-corrected chi connectivity index (χ3v) is 1.51. The summed E-state index contributed by atoms with van der Waals surface area (Å²) < 4.78 is 0. The molecule has 0 aromatic heterocycles. The minimum Gasteiger partial charge on any atom is -0.753 e. The number of benzene rings is 2. The Morgan fingerprint density at radius 3 is 1.22 bits per heavy atom. The van der Waals surface area contributed by atoms with E-state index in [1.165, 1.54) is 5.16 Å². The molecular formula is C15H15NNa2O4S. The Balaban J connectivity index is -0.000000108. The molecule has 2 N–H and O–H groups in total. The first kappa shape index (κ1) is 30.2. The third-order valence-electron chi connectivity index (χ3n) is 1.51. The summed E-state index contributed by atoms with van der Waals surface area (Å²) in [4.78, 5) is 8.89. The van der Waals surface area contributed by atoms with Gasteiger partial charge in [-0.2, -0.15) is 5.16 Å². The number of carboxylic acids is 1. The Morgan fingerprint density at radius 1 is 0.957 bits per heavy atom. The number of hydrogen-bond acceptors (Lipinski definition) is 5. The summed E-state index contributed by atoms with van der Waals surface area (Å²) in [6, 6.07) is 17.4. The van der Waals surface area contributed by atoms with Crippen molar-refractivity contribution in [2.75, 3.05) is 0 Å². The van der Waals surface area contributed by atoms with Gasteiger partial charge in [0.15, 0.2) is 0 Å². The van der Waals surface area contributed by atoms with Crippen molar-refractivity contribution in [3.05, 3.63) is 66.1 Å². The zero-order chi connectivity index (χ0) is 16.5. The van der Waals surface area contributed by atoms with Crippen LogP contribution >= 0.6 is 12.2 Å². The Bertz CT molecular complexity index is 480. The summed E-state index contributed by atoms with van der Waals surface area (Å²) in [5, 5.41) is 34.6. The molecule has 0 aliphatic rings. The van der Waals surface area contributed by atoms with E-state index in [2.05, 4.69) is 12.2 Å². The van der Waals surface area contributed by atoms with Crippen LogP contribution in [0.3, 0.4) is 0 Å². The van der Waals surface area contributed by atoms with Gasteiger partial charge in [0, 0.05) is 5.97 Å². The maximum absolute atomic E-state index is 8.89. The molecule has 2 aromatic rings. The van der Waals surface area contributed by atoms with E-state index < -0.39 is 5.97 Å². The van der Waals surface area contributed by atoms with Gasteiger partial charge in [0.05, 0.1) is 0 Å². The number of thiocarbonyl (C=S) groups is 1. The third kappa shape index (κ3) is 33.9. The van der Waals surface area contributed by atoms with Crippen LogP contribution in [0.15, 0.2) is 60.7 Å². The predicted molar refractivity (Wildman–Crippen MR) is 82.9 cm³/mol. The minimum absolute atomic E-state index is 0. The van der Waals surface area contributed by atoms with Crippen molar-refractivity contribution in [2.45, 2.75) is 6.92 Å². The molecule has 0 saturated carbocycles. The summed E-state index contributed by atoms with van der Waals surface area (Å²) in [6.07, 6.45) is 0. The van der Waals surface area contributed by atoms with Gasteiger partial charge in [-0.15, -0.1) is 0 Å². The molecule has 0 heterocycles. The predicted octanol–water partition coefficient (Wildman–Crippen LogP) is -3.79. The van der Waals surface area contributed by atoms with Gasteiger partial charge in [-0.05, 0) is 31.2 Å². The fraction of sp³-hybridized carbons (Fsp3) is 0.0667. The monoisotopic (exact) mass is 351 g/mol. The molecule has 0 bridgehead atoms. The summed E-state index contributed by atoms with van der Waals surface area (Å²) in [5.74, 6) is -0.440. The molecule has 0 fully saturated rings. The molecule has 0 amide bonds. The normalized spacial score (nSPS) is 6.65. The quantitative estimate of drug-likeness (QED) is 0.288. The van der Waals surface area contributed by atoms with Crippen LogP contribution in [-0.4, -0.2) is 21.3 Å². The Morgan fingerprint density at radius 2 is 1.13 bits per heavy atom. The van der Waals surface area contributed by atoms with Gasteiger partial charge in [0.2, 0.25) is 0 Å². The summed E-state index contributed by atoms with van der Waals surface area (Å²) >= 11 is 3.70. The van der Waals surface area contributed by atoms with Crippen LogP contribution in [0.4, 0.5) is 0 Å². The van der Waals surface area contributed by atoms with Crippen molar-refractivity contribution in [3.63, 3.8) is 0 Å². The second kappa shape index (κ2) is 23.6. The molecule has 8 heteroatoms. The average Bonchev–Trinajstić information content (AvgIpc) is 2.41. The number of para-hydroxylation sites is 2. The van der Waals surface area contributed by atoms with Crippen LogP contribution in [0.25, 0.3) is 5.41 Å². The molecule has 0 saturated heterocycles. The van der Waals surface area contributed by atoms with Gasteiger partial charge >= 0.3 is 59.1 Å². The standard InChI is InChI=1S/2C6H6O.C2H4O2.CNS.2Na/c2*7-6-4-2-1-3-5-6;1-2(3)4;2-1-3;;/h2*1-5,7H;1H3,(H,3,4);;;/q;;;-1;2*+1/p-1. The number of phenolic OH excluding ortho intramolecular Hbond substituents is 2. The molecule has 0 aliphatic heterocycles. The van der Waals surface area contributed by atoms with Crippen LogP contribution in [-0.2, 0) is 4.79 Å². The molecule has 0 spiro atoms. The first-order chi connectivity index (χ1) is 9.93. The number of carbonyl (C=O) groups is 1. The number of phenols is 2. The fourth-order valence-corrected chi connectivity index (χ4v) is 0.856. The number of isothiocyanates is 1. The second-order valence-corrected chi connectivity index (χ2v) is 3.44. The number of aliphatic carboxylic acids is 1. The van der Waals surface area contributed by atoms with Crippen LogP contribution in [0, 0.1) is 0 Å². The van der Waals surface area contributed by atoms with E-state index in [-0.39, 0.29) is 59.1 Å². The first-order valence-corrected chi connectivity index (χ1v) is 6.01. The van der Waals surface area contributed by atoms with Crippen molar-refractivity contribution in [1.29, 1.82) is 0 Å². The number of rotatable bonds is 0. The van der Waals surface area contributed by atoms with Crippen LogP contribution in [0.5, 0.6) is 11.5 Å². The molecular weight excluding hydrogens is 336 g/mol. The Hall–Kier alpha value is -0.690. The summed E-state index contributed by atoms with van der Waals surface area (Å²) in [7, 11) is 0. The van der Waals surface area contributed by atoms with Crippen molar-refractivity contribution in [1.82, 2.24) is 0 Å². The molecule has 112 valence electrons. The molecule has 2 aromatic carbocycles. The van der Waals surface area contributed by atoms with E-state index in [1.54, 1.807) is 48.5 Å². The smallest absolute Gasteiger partial charge is 0.753 e. The second-order valence-electron chi connectivity index (χ2n) is 3.25. The summed E-state index contributed by atoms with van der Waals surface area (Å²) in [5.41, 5.74) is 0. The first-order valence-electron chi connectivity index (χ1n) is 5.60. The van der Waals surface area contributed by atoms with Crippen molar-refractivity contribution in [2.24, 2.45) is 0 Å². The maximum atomic E-state index is 8.89. The Kier molecular flexibility index (Phi) is 31.0. The minimum atomic E-state index is -1.08. The van der Waals surface area contributed by atoms with Gasteiger partial charge in [0.25, 0.3) is 0 Å². The van der Waals surface area contributed by atoms with Crippen LogP contribution in [0.2, 0.25) is 0 Å². The number of aromatic hydroxyl groups is 2. The van der Waals surface area contributed by atoms with E-state index in [4.69, 9.17) is 25.5 Å². The van der Waals surface area contributed by atoms with Crippen molar-refractivity contribution >= 4 is 23.3 Å². The SMILES string of the molecule is CC(=O)[O-].Oc1ccccc1.Oc1ccccc1.[N-]=C=S.[Na+].[Na+]. The average molecular weight is 351 g/mol. The number of nitrogens with zero attached hydrogens (tertiary/aromatic N) is 1. The Labute approximate surface area is 185 Å². The molecule has 2 rings (SSSR count). The topological polar surface area (TPSA) is 103 Å². The van der Waals surface area contributed by atoms with Gasteiger partial charge in [0.1, 0.15) is 11.5 Å². The number of carboxylic acid groups (broad SMARTS) is 1. The molecule has 5 nitrogen and oxygen atoms in total. The fourth-order valence-electron chi connectivity index (χ4n) is 0.856. The van der Waals surface area contributed by atoms with Gasteiger partial charge in [-0.3, -0.25) is 0 Å². The van der Waals surface area contributed by atoms with Gasteiger partial charge in [-0.1, -0.05) is 48.6 Å². The summed E-state index contributed by atoms with van der Waals surface area (Å²) in [6.45, 7) is 0.972. The zero-order valence-electron chi connectivity index (χ0n) is 13.3. The van der Waals surface area contributed by atoms with Gasteiger partial charge < -0.3 is 25.5 Å². The van der Waals surface area contributed by atoms with E-state index >= 15 is 0 Å².